The van der Waals surface area contributed by atoms with Crippen LogP contribution >= 0.6 is 11.8 Å². The molecule has 0 amide bonds. The molecule has 0 heterocycles. The smallest absolute Gasteiger partial charge is 0.0467 e. The van der Waals surface area contributed by atoms with Crippen molar-refractivity contribution in [1.29, 1.82) is 0 Å². The van der Waals surface area contributed by atoms with Gasteiger partial charge < -0.3 is 5.11 Å². The summed E-state index contributed by atoms with van der Waals surface area (Å²) in [6.07, 6.45) is 8.80. The van der Waals surface area contributed by atoms with Crippen LogP contribution < -0.4 is 0 Å². The number of aliphatic hydroxyl groups is 1. The maximum atomic E-state index is 10.2. The van der Waals surface area contributed by atoms with Gasteiger partial charge in [0.1, 0.15) is 0 Å². The quantitative estimate of drug-likeness (QED) is 0.689. The van der Waals surface area contributed by atoms with Crippen LogP contribution in [0, 0.1) is 34.0 Å². The molecule has 2 heteroatoms. The first-order valence-electron chi connectivity index (χ1n) is 9.91. The molecule has 1 N–H and O–H groups in total. The Labute approximate surface area is 157 Å². The maximum Gasteiger partial charge on any atom is 0.0467 e. The Morgan fingerprint density at radius 2 is 1.92 bits per heavy atom. The van der Waals surface area contributed by atoms with Gasteiger partial charge in [-0.15, -0.1) is 11.8 Å². The van der Waals surface area contributed by atoms with Crippen molar-refractivity contribution in [3.63, 3.8) is 0 Å². The van der Waals surface area contributed by atoms with Crippen molar-refractivity contribution in [1.82, 2.24) is 0 Å². The molecule has 1 nitrogen and oxygen atoms in total. The highest BCUT2D eigenvalue weighted by Gasteiger charge is 2.74. The Balaban J connectivity index is 1.79. The van der Waals surface area contributed by atoms with E-state index in [1.807, 2.05) is 11.8 Å². The van der Waals surface area contributed by atoms with E-state index in [0.717, 1.165) is 5.92 Å². The van der Waals surface area contributed by atoms with Gasteiger partial charge in [-0.2, -0.15) is 0 Å². The van der Waals surface area contributed by atoms with Crippen LogP contribution in [0.3, 0.4) is 0 Å². The van der Waals surface area contributed by atoms with Gasteiger partial charge in [0.25, 0.3) is 0 Å². The Kier molecular flexibility index (Phi) is 4.16. The Morgan fingerprint density at radius 1 is 1.20 bits per heavy atom. The van der Waals surface area contributed by atoms with Gasteiger partial charge in [0, 0.05) is 22.2 Å². The minimum absolute atomic E-state index is 0.132. The fourth-order valence-electron chi connectivity index (χ4n) is 7.24. The highest BCUT2D eigenvalue weighted by Crippen LogP contribution is 2.80. The molecule has 0 unspecified atom stereocenters. The molecule has 0 radical (unpaired) electrons. The molecule has 1 aromatic rings. The molecule has 0 bridgehead atoms. The van der Waals surface area contributed by atoms with Gasteiger partial charge in [0.2, 0.25) is 0 Å². The van der Waals surface area contributed by atoms with Crippen LogP contribution in [0.2, 0.25) is 0 Å². The summed E-state index contributed by atoms with van der Waals surface area (Å²) in [4.78, 5) is 1.37. The van der Waals surface area contributed by atoms with Crippen molar-refractivity contribution in [3.8, 4) is 0 Å². The van der Waals surface area contributed by atoms with Gasteiger partial charge in [0.05, 0.1) is 0 Å². The van der Waals surface area contributed by atoms with Crippen LogP contribution in [0.1, 0.15) is 47.0 Å². The number of hydrogen-bond acceptors (Lipinski definition) is 2. The second-order valence-electron chi connectivity index (χ2n) is 9.35. The fraction of sp³-hybridized carbons (Fsp3) is 0.652. The van der Waals surface area contributed by atoms with Gasteiger partial charge in [0.15, 0.2) is 0 Å². The van der Waals surface area contributed by atoms with Gasteiger partial charge in [-0.1, -0.05) is 58.0 Å². The molecule has 3 aliphatic rings. The Morgan fingerprint density at radius 3 is 2.56 bits per heavy atom. The lowest BCUT2D eigenvalue weighted by Crippen LogP contribution is -2.47. The summed E-state index contributed by atoms with van der Waals surface area (Å²) < 4.78 is 0. The van der Waals surface area contributed by atoms with E-state index in [4.69, 9.17) is 0 Å². The molecule has 2 saturated carbocycles. The van der Waals surface area contributed by atoms with E-state index in [1.54, 1.807) is 0 Å². The van der Waals surface area contributed by atoms with Gasteiger partial charge in [-0.05, 0) is 60.0 Å². The molecule has 1 spiro atoms. The standard InChI is InChI=1S/C23H32OS/c1-16(2)19-10-13-23-20(25-18-8-6-5-7-9-18)11-12-21(23,3)17(15-24)14-22(19,23)4/h5-9,11-12,16-17,19-20,24H,10,13-15H2,1-4H3/t17-,19-,20-,21+,22-,23+/m1/s1. The van der Waals surface area contributed by atoms with E-state index in [1.165, 1.54) is 24.2 Å². The van der Waals surface area contributed by atoms with Crippen LogP contribution in [0.15, 0.2) is 47.4 Å². The second kappa shape index (κ2) is 5.89. The average Bonchev–Trinajstić information content (AvgIpc) is 3.11. The van der Waals surface area contributed by atoms with Crippen molar-refractivity contribution in [3.05, 3.63) is 42.5 Å². The molecule has 2 fully saturated rings. The number of aliphatic hydroxyl groups excluding tert-OH is 1. The first-order valence-corrected chi connectivity index (χ1v) is 10.8. The lowest BCUT2D eigenvalue weighted by atomic mass is 9.56. The molecule has 0 aliphatic heterocycles. The van der Waals surface area contributed by atoms with Crippen molar-refractivity contribution < 1.29 is 5.11 Å². The normalized spacial score (nSPS) is 45.1. The molecular weight excluding hydrogens is 324 g/mol. The van der Waals surface area contributed by atoms with E-state index in [9.17, 15) is 5.11 Å². The number of allylic oxidation sites excluding steroid dienone is 1. The van der Waals surface area contributed by atoms with E-state index in [0.29, 0.717) is 29.1 Å². The number of rotatable bonds is 4. The van der Waals surface area contributed by atoms with Crippen LogP contribution in [-0.4, -0.2) is 17.0 Å². The molecule has 25 heavy (non-hydrogen) atoms. The topological polar surface area (TPSA) is 20.2 Å². The lowest BCUT2D eigenvalue weighted by molar-refractivity contribution is 0.0221. The monoisotopic (exact) mass is 356 g/mol. The van der Waals surface area contributed by atoms with Crippen LogP contribution in [0.5, 0.6) is 0 Å². The third-order valence-electron chi connectivity index (χ3n) is 8.30. The highest BCUT2D eigenvalue weighted by molar-refractivity contribution is 8.00. The molecule has 3 aliphatic carbocycles. The predicted octanol–water partition coefficient (Wildman–Crippen LogP) is 5.79. The number of benzene rings is 1. The highest BCUT2D eigenvalue weighted by atomic mass is 32.2. The second-order valence-corrected chi connectivity index (χ2v) is 10.6. The summed E-state index contributed by atoms with van der Waals surface area (Å²) in [5.41, 5.74) is 0.731. The zero-order valence-electron chi connectivity index (χ0n) is 16.0. The van der Waals surface area contributed by atoms with Crippen LogP contribution in [-0.2, 0) is 0 Å². The molecule has 4 rings (SSSR count). The zero-order chi connectivity index (χ0) is 17.9. The Bertz CT molecular complexity index is 668. The number of thioether (sulfide) groups is 1. The van der Waals surface area contributed by atoms with Gasteiger partial charge >= 0.3 is 0 Å². The van der Waals surface area contributed by atoms with Crippen molar-refractivity contribution in [2.24, 2.45) is 34.0 Å². The minimum Gasteiger partial charge on any atom is -0.396 e. The third kappa shape index (κ3) is 2.13. The van der Waals surface area contributed by atoms with Gasteiger partial charge in [-0.3, -0.25) is 0 Å². The zero-order valence-corrected chi connectivity index (χ0v) is 16.9. The van der Waals surface area contributed by atoms with E-state index in [2.05, 4.69) is 70.2 Å². The third-order valence-corrected chi connectivity index (χ3v) is 9.66. The van der Waals surface area contributed by atoms with Gasteiger partial charge in [-0.25, -0.2) is 0 Å². The molecule has 136 valence electrons. The largest absolute Gasteiger partial charge is 0.396 e. The summed E-state index contributed by atoms with van der Waals surface area (Å²) in [5, 5.41) is 10.7. The summed E-state index contributed by atoms with van der Waals surface area (Å²) in [6, 6.07) is 10.9. The van der Waals surface area contributed by atoms with E-state index >= 15 is 0 Å². The summed E-state index contributed by atoms with van der Waals surface area (Å²) >= 11 is 2.05. The lowest BCUT2D eigenvalue weighted by Gasteiger charge is -2.50. The Hall–Kier alpha value is -0.730. The molecule has 0 aromatic heterocycles. The summed E-state index contributed by atoms with van der Waals surface area (Å²) in [6.45, 7) is 10.1. The molecule has 1 aromatic carbocycles. The molecular formula is C23H32OS. The predicted molar refractivity (Wildman–Crippen MR) is 107 cm³/mol. The first-order chi connectivity index (χ1) is 11.9. The van der Waals surface area contributed by atoms with Crippen LogP contribution in [0.4, 0.5) is 0 Å². The van der Waals surface area contributed by atoms with Crippen molar-refractivity contribution in [2.75, 3.05) is 6.61 Å². The molecule has 6 atom stereocenters. The minimum atomic E-state index is 0.132. The fourth-order valence-corrected chi connectivity index (χ4v) is 8.85. The number of hydrogen-bond donors (Lipinski definition) is 1. The maximum absolute atomic E-state index is 10.2. The summed E-state index contributed by atoms with van der Waals surface area (Å²) in [7, 11) is 0. The summed E-state index contributed by atoms with van der Waals surface area (Å²) in [5.74, 6) is 1.88. The van der Waals surface area contributed by atoms with Crippen LogP contribution in [0.25, 0.3) is 0 Å². The SMILES string of the molecule is CC(C)[C@H]1CC[C@]23[C@H](Sc4ccccc4)C=C[C@@]2(C)[C@@H](CO)C[C@]13C. The molecule has 0 saturated heterocycles. The van der Waals surface area contributed by atoms with Crippen molar-refractivity contribution >= 4 is 11.8 Å². The van der Waals surface area contributed by atoms with E-state index in [-0.39, 0.29) is 10.8 Å². The average molecular weight is 357 g/mol. The first kappa shape index (κ1) is 17.7. The van der Waals surface area contributed by atoms with Crippen molar-refractivity contribution in [2.45, 2.75) is 57.1 Å². The van der Waals surface area contributed by atoms with E-state index < -0.39 is 0 Å².